The number of nitrogens with zero attached hydrogens (tertiary/aromatic N) is 2. The summed E-state index contributed by atoms with van der Waals surface area (Å²) in [6.45, 7) is 1.62. The Kier molecular flexibility index (Phi) is 3.59. The minimum atomic E-state index is -0.472. The lowest BCUT2D eigenvalue weighted by molar-refractivity contribution is -0.141. The molecule has 0 aliphatic heterocycles. The molecule has 0 aliphatic rings. The molecule has 1 unspecified atom stereocenters. The van der Waals surface area contributed by atoms with E-state index in [1.807, 2.05) is 0 Å². The molecule has 0 N–H and O–H groups in total. The number of methoxy groups -OCH3 is 1. The predicted octanol–water partition coefficient (Wildman–Crippen LogP) is 0.630. The fraction of sp³-hybridized carbons (Fsp3) is 0.800. The first-order chi connectivity index (χ1) is 4.22. The summed E-state index contributed by atoms with van der Waals surface area (Å²) in [5, 5.41) is 6.97. The Morgan fingerprint density at radius 2 is 2.22 bits per heavy atom. The molecule has 0 bridgehead atoms. The standard InChI is InChI=1S/C5H10N2O2/c1-4(7-6-2)5(8)9-3/h4H,1-3H3. The largest absolute Gasteiger partial charge is 0.467 e. The molecule has 4 heteroatoms. The van der Waals surface area contributed by atoms with E-state index in [1.54, 1.807) is 6.92 Å². The maximum absolute atomic E-state index is 10.5. The molecule has 4 nitrogen and oxygen atoms in total. The molecule has 0 aliphatic carbocycles. The molecule has 1 atom stereocenters. The van der Waals surface area contributed by atoms with Crippen molar-refractivity contribution in [2.24, 2.45) is 10.2 Å². The van der Waals surface area contributed by atoms with Gasteiger partial charge < -0.3 is 4.74 Å². The third-order valence-corrected chi connectivity index (χ3v) is 0.831. The first-order valence-electron chi connectivity index (χ1n) is 2.59. The fourth-order valence-corrected chi connectivity index (χ4v) is 0.391. The summed E-state index contributed by atoms with van der Waals surface area (Å²) in [6.07, 6.45) is 0. The van der Waals surface area contributed by atoms with E-state index in [0.29, 0.717) is 0 Å². The van der Waals surface area contributed by atoms with E-state index in [2.05, 4.69) is 15.0 Å². The molecule has 0 radical (unpaired) electrons. The van der Waals surface area contributed by atoms with Crippen molar-refractivity contribution in [1.82, 2.24) is 0 Å². The second-order valence-corrected chi connectivity index (χ2v) is 1.51. The lowest BCUT2D eigenvalue weighted by Crippen LogP contribution is -2.15. The second kappa shape index (κ2) is 4.00. The third kappa shape index (κ3) is 2.79. The topological polar surface area (TPSA) is 51.0 Å². The molecular weight excluding hydrogens is 120 g/mol. The number of ether oxygens (including phenoxy) is 1. The molecule has 0 rings (SSSR count). The summed E-state index contributed by atoms with van der Waals surface area (Å²) >= 11 is 0. The van der Waals surface area contributed by atoms with Crippen LogP contribution in [0.5, 0.6) is 0 Å². The van der Waals surface area contributed by atoms with Gasteiger partial charge in [0.15, 0.2) is 6.04 Å². The number of carbonyl (C=O) groups excluding carboxylic acids is 1. The van der Waals surface area contributed by atoms with Gasteiger partial charge in [-0.05, 0) is 6.92 Å². The number of esters is 1. The van der Waals surface area contributed by atoms with Gasteiger partial charge in [0.1, 0.15) is 0 Å². The molecule has 0 saturated carbocycles. The third-order valence-electron chi connectivity index (χ3n) is 0.831. The van der Waals surface area contributed by atoms with E-state index >= 15 is 0 Å². The lowest BCUT2D eigenvalue weighted by Gasteiger charge is -1.99. The van der Waals surface area contributed by atoms with Crippen molar-refractivity contribution in [2.45, 2.75) is 13.0 Å². The highest BCUT2D eigenvalue weighted by Crippen LogP contribution is 1.91. The van der Waals surface area contributed by atoms with Crippen LogP contribution in [0.15, 0.2) is 10.2 Å². The van der Waals surface area contributed by atoms with Crippen LogP contribution in [0.3, 0.4) is 0 Å². The normalized spacial score (nSPS) is 13.7. The summed E-state index contributed by atoms with van der Waals surface area (Å²) < 4.78 is 4.37. The number of azo groups is 1. The van der Waals surface area contributed by atoms with Crippen LogP contribution in [0.4, 0.5) is 0 Å². The molecule has 0 spiro atoms. The second-order valence-electron chi connectivity index (χ2n) is 1.51. The Morgan fingerprint density at radius 1 is 1.67 bits per heavy atom. The van der Waals surface area contributed by atoms with Crippen LogP contribution in [-0.4, -0.2) is 26.2 Å². The van der Waals surface area contributed by atoms with Crippen molar-refractivity contribution in [1.29, 1.82) is 0 Å². The summed E-state index contributed by atoms with van der Waals surface area (Å²) in [4.78, 5) is 10.5. The van der Waals surface area contributed by atoms with Crippen LogP contribution < -0.4 is 0 Å². The van der Waals surface area contributed by atoms with Gasteiger partial charge in [0.2, 0.25) is 0 Å². The van der Waals surface area contributed by atoms with E-state index < -0.39 is 6.04 Å². The SMILES string of the molecule is CN=NC(C)C(=O)OC. The smallest absolute Gasteiger partial charge is 0.332 e. The van der Waals surface area contributed by atoms with E-state index in [1.165, 1.54) is 14.2 Å². The molecular formula is C5H10N2O2. The van der Waals surface area contributed by atoms with Crippen LogP contribution in [0.2, 0.25) is 0 Å². The van der Waals surface area contributed by atoms with Crippen molar-refractivity contribution >= 4 is 5.97 Å². The predicted molar refractivity (Wildman–Crippen MR) is 32.3 cm³/mol. The monoisotopic (exact) mass is 130 g/mol. The zero-order valence-corrected chi connectivity index (χ0v) is 5.79. The first kappa shape index (κ1) is 8.07. The minimum Gasteiger partial charge on any atom is -0.467 e. The highest BCUT2D eigenvalue weighted by atomic mass is 16.5. The average molecular weight is 130 g/mol. The van der Waals surface area contributed by atoms with Crippen LogP contribution >= 0.6 is 0 Å². The highest BCUT2D eigenvalue weighted by molar-refractivity contribution is 5.75. The molecule has 0 fully saturated rings. The first-order valence-corrected chi connectivity index (χ1v) is 2.59. The molecule has 0 aromatic heterocycles. The van der Waals surface area contributed by atoms with Crippen molar-refractivity contribution in [3.63, 3.8) is 0 Å². The highest BCUT2D eigenvalue weighted by Gasteiger charge is 2.09. The molecule has 0 heterocycles. The molecule has 9 heavy (non-hydrogen) atoms. The summed E-state index contributed by atoms with van der Waals surface area (Å²) in [7, 11) is 2.84. The summed E-state index contributed by atoms with van der Waals surface area (Å²) in [5.41, 5.74) is 0. The van der Waals surface area contributed by atoms with E-state index in [-0.39, 0.29) is 5.97 Å². The van der Waals surface area contributed by atoms with Gasteiger partial charge in [-0.1, -0.05) is 0 Å². The number of hydrogen-bond donors (Lipinski definition) is 0. The van der Waals surface area contributed by atoms with Crippen molar-refractivity contribution in [3.05, 3.63) is 0 Å². The number of hydrogen-bond acceptors (Lipinski definition) is 4. The molecule has 0 aromatic carbocycles. The zero-order valence-electron chi connectivity index (χ0n) is 5.79. The molecule has 0 amide bonds. The Morgan fingerprint density at radius 3 is 2.56 bits per heavy atom. The van der Waals surface area contributed by atoms with Gasteiger partial charge in [-0.25, -0.2) is 4.79 Å². The Hall–Kier alpha value is -0.930. The van der Waals surface area contributed by atoms with Gasteiger partial charge in [0, 0.05) is 7.05 Å². The number of carbonyl (C=O) groups is 1. The quantitative estimate of drug-likeness (QED) is 0.406. The minimum absolute atomic E-state index is 0.361. The van der Waals surface area contributed by atoms with E-state index in [4.69, 9.17) is 0 Å². The molecule has 52 valence electrons. The Balaban J connectivity index is 3.72. The zero-order chi connectivity index (χ0) is 7.28. The van der Waals surface area contributed by atoms with Crippen LogP contribution in [-0.2, 0) is 9.53 Å². The maximum Gasteiger partial charge on any atom is 0.332 e. The van der Waals surface area contributed by atoms with Crippen LogP contribution in [0.1, 0.15) is 6.92 Å². The van der Waals surface area contributed by atoms with Crippen molar-refractivity contribution in [3.8, 4) is 0 Å². The Bertz CT molecular complexity index is 122. The van der Waals surface area contributed by atoms with Crippen LogP contribution in [0.25, 0.3) is 0 Å². The van der Waals surface area contributed by atoms with Gasteiger partial charge in [-0.15, -0.1) is 0 Å². The van der Waals surface area contributed by atoms with E-state index in [9.17, 15) is 4.79 Å². The lowest BCUT2D eigenvalue weighted by atomic mass is 10.4. The number of rotatable bonds is 2. The van der Waals surface area contributed by atoms with Gasteiger partial charge in [-0.2, -0.15) is 10.2 Å². The van der Waals surface area contributed by atoms with Crippen molar-refractivity contribution < 1.29 is 9.53 Å². The molecule has 0 aromatic rings. The fourth-order valence-electron chi connectivity index (χ4n) is 0.391. The summed E-state index contributed by atoms with van der Waals surface area (Å²) in [6, 6.07) is -0.472. The van der Waals surface area contributed by atoms with Crippen LogP contribution in [0, 0.1) is 0 Å². The van der Waals surface area contributed by atoms with Gasteiger partial charge in [0.05, 0.1) is 7.11 Å². The van der Waals surface area contributed by atoms with Gasteiger partial charge in [-0.3, -0.25) is 0 Å². The van der Waals surface area contributed by atoms with Gasteiger partial charge in [0.25, 0.3) is 0 Å². The summed E-state index contributed by atoms with van der Waals surface area (Å²) in [5.74, 6) is -0.361. The van der Waals surface area contributed by atoms with Crippen molar-refractivity contribution in [2.75, 3.05) is 14.2 Å². The Labute approximate surface area is 53.9 Å². The average Bonchev–Trinajstić information content (AvgIpc) is 1.87. The molecule has 0 saturated heterocycles. The van der Waals surface area contributed by atoms with Gasteiger partial charge >= 0.3 is 5.97 Å². The maximum atomic E-state index is 10.5. The van der Waals surface area contributed by atoms with E-state index in [0.717, 1.165) is 0 Å².